The average molecular weight is 524 g/mol. The third-order valence-corrected chi connectivity index (χ3v) is 4.97. The van der Waals surface area contributed by atoms with Gasteiger partial charge in [-0.2, -0.15) is 0 Å². The van der Waals surface area contributed by atoms with Crippen LogP contribution >= 0.6 is 24.0 Å². The van der Waals surface area contributed by atoms with E-state index in [-0.39, 0.29) is 35.3 Å². The fraction of sp³-hybridized carbons (Fsp3) is 0.600. The number of aliphatic imine (C=N–C) groups is 1. The Labute approximate surface area is 188 Å². The summed E-state index contributed by atoms with van der Waals surface area (Å²) in [6, 6.07) is 7.01. The second-order valence-electron chi connectivity index (χ2n) is 7.32. The highest BCUT2D eigenvalue weighted by atomic mass is 127. The third kappa shape index (κ3) is 7.60. The molecule has 1 aromatic rings. The number of ether oxygens (including phenoxy) is 1. The molecule has 0 saturated heterocycles. The fourth-order valence-corrected chi connectivity index (χ4v) is 3.56. The number of alkyl halides is 2. The molecule has 1 saturated carbocycles. The number of benzene rings is 1. The summed E-state index contributed by atoms with van der Waals surface area (Å²) >= 11 is 0. The first-order chi connectivity index (χ1) is 13.4. The van der Waals surface area contributed by atoms with Crippen LogP contribution in [0, 0.1) is 5.41 Å². The molecule has 1 amide bonds. The number of nitrogens with one attached hydrogen (secondary N) is 2. The third-order valence-electron chi connectivity index (χ3n) is 4.97. The van der Waals surface area contributed by atoms with E-state index < -0.39 is 13.0 Å². The summed E-state index contributed by atoms with van der Waals surface area (Å²) < 4.78 is 29.6. The summed E-state index contributed by atoms with van der Waals surface area (Å²) in [5.41, 5.74) is 0.499. The number of halogens is 3. The Hall–Kier alpha value is -1.65. The van der Waals surface area contributed by atoms with Gasteiger partial charge in [-0.1, -0.05) is 25.0 Å². The Balaban J connectivity index is 0.00000420. The maximum absolute atomic E-state index is 12.7. The Kier molecular flexibility index (Phi) is 10.6. The zero-order valence-corrected chi connectivity index (χ0v) is 19.5. The number of guanidine groups is 1. The Morgan fingerprint density at radius 3 is 2.55 bits per heavy atom. The van der Waals surface area contributed by atoms with E-state index in [1.807, 2.05) is 6.07 Å². The summed E-state index contributed by atoms with van der Waals surface area (Å²) in [7, 11) is 5.25. The van der Waals surface area contributed by atoms with E-state index in [9.17, 15) is 13.6 Å². The van der Waals surface area contributed by atoms with Crippen LogP contribution in [0.3, 0.4) is 0 Å². The molecule has 1 fully saturated rings. The number of hydrogen-bond donors (Lipinski definition) is 2. The molecule has 0 aromatic heterocycles. The lowest BCUT2D eigenvalue weighted by Crippen LogP contribution is -2.49. The van der Waals surface area contributed by atoms with Crippen LogP contribution in [-0.2, 0) is 11.3 Å². The number of nitrogens with zero attached hydrogens (tertiary/aromatic N) is 2. The fourth-order valence-electron chi connectivity index (χ4n) is 3.56. The molecule has 0 atom stereocenters. The van der Waals surface area contributed by atoms with Gasteiger partial charge >= 0.3 is 0 Å². The van der Waals surface area contributed by atoms with Gasteiger partial charge in [0.05, 0.1) is 5.41 Å². The molecule has 0 radical (unpaired) electrons. The molecule has 2 N–H and O–H groups in total. The first-order valence-electron chi connectivity index (χ1n) is 9.52. The van der Waals surface area contributed by atoms with Crippen molar-refractivity contribution in [2.45, 2.75) is 38.7 Å². The standard InChI is InChI=1S/C20H30F2N4O2.HI/c1-23-19(25-14-20(9-4-5-10-20)18(27)26(2)3)24-12-15-7-6-8-16(11-15)28-13-17(21)22;/h6-8,11,17H,4-5,9-10,12-14H2,1-3H3,(H2,23,24,25);1H. The normalized spacial score (nSPS) is 15.6. The number of amides is 1. The van der Waals surface area contributed by atoms with Crippen molar-refractivity contribution >= 4 is 35.8 Å². The van der Waals surface area contributed by atoms with Crippen molar-refractivity contribution in [1.82, 2.24) is 15.5 Å². The number of rotatable bonds is 8. The van der Waals surface area contributed by atoms with Crippen molar-refractivity contribution in [3.8, 4) is 5.75 Å². The number of hydrogen-bond acceptors (Lipinski definition) is 3. The lowest BCUT2D eigenvalue weighted by atomic mass is 9.84. The first-order valence-corrected chi connectivity index (χ1v) is 9.52. The van der Waals surface area contributed by atoms with Gasteiger partial charge in [-0.25, -0.2) is 8.78 Å². The van der Waals surface area contributed by atoms with E-state index in [0.717, 1.165) is 31.2 Å². The van der Waals surface area contributed by atoms with Gasteiger partial charge in [0.25, 0.3) is 6.43 Å². The summed E-state index contributed by atoms with van der Waals surface area (Å²) in [6.07, 6.45) is 1.35. The molecular formula is C20H31F2IN4O2. The Morgan fingerprint density at radius 2 is 1.97 bits per heavy atom. The molecule has 2 rings (SSSR count). The summed E-state index contributed by atoms with van der Waals surface area (Å²) in [5, 5.41) is 6.47. The van der Waals surface area contributed by atoms with Gasteiger partial charge in [-0.3, -0.25) is 9.79 Å². The minimum Gasteiger partial charge on any atom is -0.488 e. The predicted octanol–water partition coefficient (Wildman–Crippen LogP) is 3.26. The molecule has 164 valence electrons. The smallest absolute Gasteiger partial charge is 0.272 e. The van der Waals surface area contributed by atoms with Crippen LogP contribution in [0.5, 0.6) is 5.75 Å². The maximum atomic E-state index is 12.7. The van der Waals surface area contributed by atoms with Crippen LogP contribution in [-0.4, -0.2) is 57.5 Å². The number of carbonyl (C=O) groups excluding carboxylic acids is 1. The van der Waals surface area contributed by atoms with Crippen LogP contribution in [0.2, 0.25) is 0 Å². The first kappa shape index (κ1) is 25.4. The van der Waals surface area contributed by atoms with Crippen molar-refractivity contribution < 1.29 is 18.3 Å². The SMILES string of the molecule is CN=C(NCc1cccc(OCC(F)F)c1)NCC1(C(=O)N(C)C)CCCC1.I. The van der Waals surface area contributed by atoms with Gasteiger partial charge in [-0.15, -0.1) is 24.0 Å². The van der Waals surface area contributed by atoms with Crippen molar-refractivity contribution in [2.24, 2.45) is 10.4 Å². The highest BCUT2D eigenvalue weighted by Gasteiger charge is 2.42. The topological polar surface area (TPSA) is 66.0 Å². The van der Waals surface area contributed by atoms with E-state index >= 15 is 0 Å². The van der Waals surface area contributed by atoms with Gasteiger partial charge in [-0.05, 0) is 30.5 Å². The monoisotopic (exact) mass is 524 g/mol. The molecule has 29 heavy (non-hydrogen) atoms. The van der Waals surface area contributed by atoms with Crippen molar-refractivity contribution in [3.05, 3.63) is 29.8 Å². The lowest BCUT2D eigenvalue weighted by molar-refractivity contribution is -0.138. The second kappa shape index (κ2) is 12.1. The van der Waals surface area contributed by atoms with Crippen LogP contribution in [0.4, 0.5) is 8.78 Å². The molecule has 0 unspecified atom stereocenters. The molecule has 1 aliphatic carbocycles. The molecule has 0 heterocycles. The molecule has 0 spiro atoms. The average Bonchev–Trinajstić information content (AvgIpc) is 3.16. The summed E-state index contributed by atoms with van der Waals surface area (Å²) in [5.74, 6) is 1.15. The van der Waals surface area contributed by atoms with Crippen LogP contribution in [0.25, 0.3) is 0 Å². The maximum Gasteiger partial charge on any atom is 0.272 e. The molecule has 0 aliphatic heterocycles. The van der Waals surface area contributed by atoms with Gasteiger partial charge in [0.1, 0.15) is 12.4 Å². The van der Waals surface area contributed by atoms with E-state index in [1.54, 1.807) is 44.2 Å². The zero-order valence-electron chi connectivity index (χ0n) is 17.2. The molecule has 1 aliphatic rings. The number of carbonyl (C=O) groups is 1. The van der Waals surface area contributed by atoms with Crippen molar-refractivity contribution in [2.75, 3.05) is 34.3 Å². The highest BCUT2D eigenvalue weighted by molar-refractivity contribution is 14.0. The Bertz CT molecular complexity index is 680. The second-order valence-corrected chi connectivity index (χ2v) is 7.32. The van der Waals surface area contributed by atoms with Gasteiger partial charge in [0.2, 0.25) is 5.91 Å². The molecular weight excluding hydrogens is 493 g/mol. The highest BCUT2D eigenvalue weighted by Crippen LogP contribution is 2.38. The Morgan fingerprint density at radius 1 is 1.28 bits per heavy atom. The van der Waals surface area contributed by atoms with Crippen molar-refractivity contribution in [1.29, 1.82) is 0 Å². The predicted molar refractivity (Wildman–Crippen MR) is 121 cm³/mol. The van der Waals surface area contributed by atoms with Crippen LogP contribution in [0.1, 0.15) is 31.2 Å². The van der Waals surface area contributed by atoms with Gasteiger partial charge in [0.15, 0.2) is 5.96 Å². The minimum atomic E-state index is -2.50. The molecule has 0 bridgehead atoms. The van der Waals surface area contributed by atoms with Gasteiger partial charge in [0, 0.05) is 34.2 Å². The largest absolute Gasteiger partial charge is 0.488 e. The minimum absolute atomic E-state index is 0. The molecule has 1 aromatic carbocycles. The van der Waals surface area contributed by atoms with E-state index in [1.165, 1.54) is 0 Å². The van der Waals surface area contributed by atoms with Crippen molar-refractivity contribution in [3.63, 3.8) is 0 Å². The molecule has 6 nitrogen and oxygen atoms in total. The lowest BCUT2D eigenvalue weighted by Gasteiger charge is -2.31. The zero-order chi connectivity index (χ0) is 20.6. The van der Waals surface area contributed by atoms with Gasteiger partial charge < -0.3 is 20.3 Å². The molecule has 9 heteroatoms. The summed E-state index contributed by atoms with van der Waals surface area (Å²) in [6.45, 7) is 0.365. The van der Waals surface area contributed by atoms with E-state index in [0.29, 0.717) is 24.8 Å². The summed E-state index contributed by atoms with van der Waals surface area (Å²) in [4.78, 5) is 18.5. The van der Waals surface area contributed by atoms with E-state index in [2.05, 4.69) is 15.6 Å². The van der Waals surface area contributed by atoms with Crippen LogP contribution in [0.15, 0.2) is 29.3 Å². The quantitative estimate of drug-likeness (QED) is 0.312. The van der Waals surface area contributed by atoms with E-state index in [4.69, 9.17) is 4.74 Å². The van der Waals surface area contributed by atoms with Crippen LogP contribution < -0.4 is 15.4 Å².